The number of carboxylic acid groups (broad SMARTS) is 1. The van der Waals surface area contributed by atoms with Gasteiger partial charge in [-0.05, 0) is 68.5 Å². The molecule has 0 aliphatic rings. The molecule has 156 valence electrons. The summed E-state index contributed by atoms with van der Waals surface area (Å²) in [5, 5.41) is 8.89. The first-order valence-electron chi connectivity index (χ1n) is 11.0. The van der Waals surface area contributed by atoms with Crippen LogP contribution in [0.3, 0.4) is 0 Å². The van der Waals surface area contributed by atoms with Gasteiger partial charge in [-0.15, -0.1) is 11.8 Å². The highest BCUT2D eigenvalue weighted by atomic mass is 32.2. The normalized spacial score (nSPS) is 11.6. The molecule has 0 bridgehead atoms. The van der Waals surface area contributed by atoms with Gasteiger partial charge in [-0.1, -0.05) is 69.8 Å². The molecule has 0 heterocycles. The van der Waals surface area contributed by atoms with Gasteiger partial charge in [0, 0.05) is 4.90 Å². The van der Waals surface area contributed by atoms with Crippen LogP contribution in [0.15, 0.2) is 53.5 Å². The molecule has 3 heteroatoms. The smallest absolute Gasteiger partial charge is 0.335 e. The zero-order chi connectivity index (χ0) is 20.3. The predicted molar refractivity (Wildman–Crippen MR) is 123 cm³/mol. The number of thioether (sulfide) groups is 1. The molecule has 0 radical (unpaired) electrons. The van der Waals surface area contributed by atoms with Gasteiger partial charge in [0.1, 0.15) is 0 Å². The van der Waals surface area contributed by atoms with Crippen molar-refractivity contribution in [2.75, 3.05) is 5.75 Å². The number of rotatable bonds is 17. The van der Waals surface area contributed by atoms with E-state index in [4.69, 9.17) is 5.11 Å². The van der Waals surface area contributed by atoms with Crippen molar-refractivity contribution in [1.29, 1.82) is 0 Å². The van der Waals surface area contributed by atoms with E-state index in [-0.39, 0.29) is 0 Å². The number of benzene rings is 1. The molecule has 1 N–H and O–H groups in total. The first-order chi connectivity index (χ1) is 13.7. The van der Waals surface area contributed by atoms with Crippen LogP contribution in [-0.4, -0.2) is 16.8 Å². The van der Waals surface area contributed by atoms with Gasteiger partial charge in [-0.3, -0.25) is 0 Å². The predicted octanol–water partition coefficient (Wildman–Crippen LogP) is 8.29. The summed E-state index contributed by atoms with van der Waals surface area (Å²) in [5.74, 6) is 0.253. The fourth-order valence-corrected chi connectivity index (χ4v) is 3.89. The van der Waals surface area contributed by atoms with Gasteiger partial charge in [0.05, 0.1) is 5.56 Å². The van der Waals surface area contributed by atoms with E-state index in [2.05, 4.69) is 31.2 Å². The van der Waals surface area contributed by atoms with Gasteiger partial charge in [0.2, 0.25) is 0 Å². The molecule has 0 aliphatic carbocycles. The Morgan fingerprint density at radius 1 is 0.821 bits per heavy atom. The molecule has 0 spiro atoms. The van der Waals surface area contributed by atoms with Crippen LogP contribution >= 0.6 is 11.8 Å². The number of carbonyl (C=O) groups is 1. The average molecular weight is 403 g/mol. The summed E-state index contributed by atoms with van der Waals surface area (Å²) in [6.07, 6.45) is 24.6. The van der Waals surface area contributed by atoms with Crippen molar-refractivity contribution in [2.24, 2.45) is 0 Å². The van der Waals surface area contributed by atoms with Crippen LogP contribution in [0.5, 0.6) is 0 Å². The second kappa shape index (κ2) is 17.6. The van der Waals surface area contributed by atoms with Gasteiger partial charge < -0.3 is 5.11 Å². The molecule has 28 heavy (non-hydrogen) atoms. The van der Waals surface area contributed by atoms with E-state index < -0.39 is 5.97 Å². The maximum atomic E-state index is 10.8. The Hall–Kier alpha value is -1.48. The molecule has 0 amide bonds. The Morgan fingerprint density at radius 3 is 2.00 bits per heavy atom. The molecule has 2 nitrogen and oxygen atoms in total. The van der Waals surface area contributed by atoms with Crippen molar-refractivity contribution in [3.8, 4) is 0 Å². The van der Waals surface area contributed by atoms with Crippen molar-refractivity contribution >= 4 is 17.7 Å². The molecule has 0 saturated heterocycles. The lowest BCUT2D eigenvalue weighted by Gasteiger charge is -2.03. The van der Waals surface area contributed by atoms with Crippen molar-refractivity contribution in [3.63, 3.8) is 0 Å². The van der Waals surface area contributed by atoms with E-state index in [1.54, 1.807) is 12.1 Å². The number of aromatic carboxylic acids is 1. The third kappa shape index (κ3) is 13.7. The van der Waals surface area contributed by atoms with Gasteiger partial charge in [-0.2, -0.15) is 0 Å². The minimum atomic E-state index is -0.860. The Labute approximate surface area is 176 Å². The largest absolute Gasteiger partial charge is 0.478 e. The minimum Gasteiger partial charge on any atom is -0.478 e. The Bertz CT molecular complexity index is 560. The van der Waals surface area contributed by atoms with E-state index in [0.29, 0.717) is 5.56 Å². The molecule has 1 rings (SSSR count). The molecular weight excluding hydrogens is 364 g/mol. The van der Waals surface area contributed by atoms with Crippen LogP contribution in [0, 0.1) is 0 Å². The first kappa shape index (κ1) is 24.6. The summed E-state index contributed by atoms with van der Waals surface area (Å²) in [5.41, 5.74) is 0.359. The van der Waals surface area contributed by atoms with Crippen LogP contribution in [0.1, 0.15) is 94.3 Å². The zero-order valence-electron chi connectivity index (χ0n) is 17.6. The standard InChI is InChI=1S/C25H38O2S/c1-2-3-4-5-6-7-8-9-10-11-12-13-14-15-16-17-22-28-24-20-18-23(19-21-24)25(26)27/h6-7,9-10,18-21H,2-5,8,11-17,22H2,1H3,(H,26,27)/b7-6-,10-9-. The number of hydrogen-bond acceptors (Lipinski definition) is 2. The Kier molecular flexibility index (Phi) is 15.4. The van der Waals surface area contributed by atoms with Gasteiger partial charge in [-0.25, -0.2) is 4.79 Å². The molecule has 0 aromatic heterocycles. The Balaban J connectivity index is 1.87. The lowest BCUT2D eigenvalue weighted by molar-refractivity contribution is 0.0697. The van der Waals surface area contributed by atoms with Crippen LogP contribution in [0.25, 0.3) is 0 Å². The molecule has 0 unspecified atom stereocenters. The molecule has 0 atom stereocenters. The minimum absolute atomic E-state index is 0.359. The van der Waals surface area contributed by atoms with E-state index in [1.165, 1.54) is 70.6 Å². The topological polar surface area (TPSA) is 37.3 Å². The van der Waals surface area contributed by atoms with Crippen LogP contribution in [0.4, 0.5) is 0 Å². The lowest BCUT2D eigenvalue weighted by Crippen LogP contribution is -1.94. The molecule has 0 aliphatic heterocycles. The fourth-order valence-electron chi connectivity index (χ4n) is 2.97. The highest BCUT2D eigenvalue weighted by Gasteiger charge is 2.01. The monoisotopic (exact) mass is 402 g/mol. The summed E-state index contributed by atoms with van der Waals surface area (Å²) in [6.45, 7) is 2.25. The van der Waals surface area contributed by atoms with Gasteiger partial charge in [0.25, 0.3) is 0 Å². The summed E-state index contributed by atoms with van der Waals surface area (Å²) < 4.78 is 0. The quantitative estimate of drug-likeness (QED) is 0.162. The van der Waals surface area contributed by atoms with E-state index in [0.717, 1.165) is 17.1 Å². The molecule has 0 saturated carbocycles. The average Bonchev–Trinajstić information content (AvgIpc) is 2.70. The summed E-state index contributed by atoms with van der Waals surface area (Å²) in [4.78, 5) is 12.0. The van der Waals surface area contributed by atoms with Gasteiger partial charge >= 0.3 is 5.97 Å². The molecule has 1 aromatic carbocycles. The highest BCUT2D eigenvalue weighted by Crippen LogP contribution is 2.20. The summed E-state index contributed by atoms with van der Waals surface area (Å²) in [6, 6.07) is 7.18. The highest BCUT2D eigenvalue weighted by molar-refractivity contribution is 7.99. The van der Waals surface area contributed by atoms with Gasteiger partial charge in [0.15, 0.2) is 0 Å². The third-order valence-electron chi connectivity index (χ3n) is 4.71. The van der Waals surface area contributed by atoms with Crippen molar-refractivity contribution in [2.45, 2.75) is 88.9 Å². The summed E-state index contributed by atoms with van der Waals surface area (Å²) in [7, 11) is 0. The van der Waals surface area contributed by atoms with Crippen LogP contribution in [0.2, 0.25) is 0 Å². The van der Waals surface area contributed by atoms with Crippen LogP contribution in [-0.2, 0) is 0 Å². The van der Waals surface area contributed by atoms with Crippen molar-refractivity contribution < 1.29 is 9.90 Å². The van der Waals surface area contributed by atoms with E-state index in [1.807, 2.05) is 23.9 Å². The van der Waals surface area contributed by atoms with E-state index >= 15 is 0 Å². The van der Waals surface area contributed by atoms with Crippen molar-refractivity contribution in [1.82, 2.24) is 0 Å². The number of hydrogen-bond donors (Lipinski definition) is 1. The maximum Gasteiger partial charge on any atom is 0.335 e. The second-order valence-corrected chi connectivity index (χ2v) is 8.43. The zero-order valence-corrected chi connectivity index (χ0v) is 18.4. The number of carboxylic acids is 1. The second-order valence-electron chi connectivity index (χ2n) is 7.26. The lowest BCUT2D eigenvalue weighted by atomic mass is 10.1. The van der Waals surface area contributed by atoms with Crippen LogP contribution < -0.4 is 0 Å². The molecular formula is C25H38O2S. The number of allylic oxidation sites excluding steroid dienone is 4. The van der Waals surface area contributed by atoms with E-state index in [9.17, 15) is 4.79 Å². The Morgan fingerprint density at radius 2 is 1.39 bits per heavy atom. The SMILES string of the molecule is CCCCC/C=C\C/C=C\CCCCCCCCSc1ccc(C(=O)O)cc1. The first-order valence-corrected chi connectivity index (χ1v) is 12.0. The fraction of sp³-hybridized carbons (Fsp3) is 0.560. The molecule has 0 fully saturated rings. The number of unbranched alkanes of at least 4 members (excludes halogenated alkanes) is 9. The third-order valence-corrected chi connectivity index (χ3v) is 5.81. The van der Waals surface area contributed by atoms with Crippen molar-refractivity contribution in [3.05, 3.63) is 54.1 Å². The maximum absolute atomic E-state index is 10.8. The molecule has 1 aromatic rings. The summed E-state index contributed by atoms with van der Waals surface area (Å²) >= 11 is 1.82.